The first-order valence-corrected chi connectivity index (χ1v) is 12.8. The van der Waals surface area contributed by atoms with Gasteiger partial charge in [-0.15, -0.1) is 11.3 Å². The van der Waals surface area contributed by atoms with Gasteiger partial charge in [0.25, 0.3) is 0 Å². The number of likely N-dealkylation sites (tertiary alicyclic amines) is 2. The standard InChI is InChI=1S/C25H34N4O2S/c1-19-6-8-21(9-7-19)26-23(30)16-24-27-22(18-32-24)17-28-14-10-20(11-15-28)25(31)29-12-4-2-3-5-13-29/h6-9,18,20H,2-5,10-17H2,1H3,(H,26,30). The second kappa shape index (κ2) is 11.1. The molecular formula is C25H34N4O2S. The van der Waals surface area contributed by atoms with Crippen molar-refractivity contribution in [2.24, 2.45) is 5.92 Å². The molecule has 0 atom stereocenters. The van der Waals surface area contributed by atoms with Crippen molar-refractivity contribution in [1.29, 1.82) is 0 Å². The van der Waals surface area contributed by atoms with E-state index in [9.17, 15) is 9.59 Å². The van der Waals surface area contributed by atoms with Gasteiger partial charge in [0.2, 0.25) is 11.8 Å². The van der Waals surface area contributed by atoms with Crippen LogP contribution in [0.2, 0.25) is 0 Å². The molecule has 172 valence electrons. The molecule has 6 nitrogen and oxygen atoms in total. The second-order valence-corrected chi connectivity index (χ2v) is 10.1. The van der Waals surface area contributed by atoms with Crippen molar-refractivity contribution >= 4 is 28.8 Å². The van der Waals surface area contributed by atoms with E-state index in [-0.39, 0.29) is 11.8 Å². The summed E-state index contributed by atoms with van der Waals surface area (Å²) in [4.78, 5) is 34.4. The van der Waals surface area contributed by atoms with Gasteiger partial charge in [0.1, 0.15) is 5.01 Å². The van der Waals surface area contributed by atoms with E-state index in [1.807, 2.05) is 31.2 Å². The molecular weight excluding hydrogens is 420 g/mol. The van der Waals surface area contributed by atoms with Crippen LogP contribution < -0.4 is 5.32 Å². The summed E-state index contributed by atoms with van der Waals surface area (Å²) < 4.78 is 0. The van der Waals surface area contributed by atoms with E-state index in [0.29, 0.717) is 12.3 Å². The summed E-state index contributed by atoms with van der Waals surface area (Å²) in [5.41, 5.74) is 3.00. The van der Waals surface area contributed by atoms with E-state index in [4.69, 9.17) is 0 Å². The maximum atomic E-state index is 12.9. The molecule has 32 heavy (non-hydrogen) atoms. The topological polar surface area (TPSA) is 65.5 Å². The largest absolute Gasteiger partial charge is 0.342 e. The van der Waals surface area contributed by atoms with E-state index in [0.717, 1.165) is 74.8 Å². The molecule has 2 aromatic rings. The second-order valence-electron chi connectivity index (χ2n) is 9.11. The highest BCUT2D eigenvalue weighted by molar-refractivity contribution is 7.09. The Bertz CT molecular complexity index is 895. The number of aryl methyl sites for hydroxylation is 1. The van der Waals surface area contributed by atoms with Gasteiger partial charge in [-0.3, -0.25) is 14.5 Å². The fraction of sp³-hybridized carbons (Fsp3) is 0.560. The van der Waals surface area contributed by atoms with Crippen LogP contribution in [0.3, 0.4) is 0 Å². The lowest BCUT2D eigenvalue weighted by Crippen LogP contribution is -2.42. The Hall–Kier alpha value is -2.25. The van der Waals surface area contributed by atoms with Gasteiger partial charge in [-0.25, -0.2) is 4.98 Å². The van der Waals surface area contributed by atoms with E-state index in [1.165, 1.54) is 18.4 Å². The number of carbonyl (C=O) groups is 2. The van der Waals surface area contributed by atoms with E-state index >= 15 is 0 Å². The molecule has 0 unspecified atom stereocenters. The lowest BCUT2D eigenvalue weighted by molar-refractivity contribution is -0.137. The minimum absolute atomic E-state index is 0.0393. The lowest BCUT2D eigenvalue weighted by atomic mass is 9.95. The molecule has 1 N–H and O–H groups in total. The predicted octanol–water partition coefficient (Wildman–Crippen LogP) is 4.25. The third kappa shape index (κ3) is 6.39. The third-order valence-corrected chi connectivity index (χ3v) is 7.38. The van der Waals surface area contributed by atoms with E-state index in [1.54, 1.807) is 11.3 Å². The summed E-state index contributed by atoms with van der Waals surface area (Å²) in [5.74, 6) is 0.519. The zero-order chi connectivity index (χ0) is 22.3. The molecule has 1 aromatic heterocycles. The molecule has 7 heteroatoms. The molecule has 0 bridgehead atoms. The quantitative estimate of drug-likeness (QED) is 0.709. The summed E-state index contributed by atoms with van der Waals surface area (Å²) in [6, 6.07) is 7.81. The van der Waals surface area contributed by atoms with Crippen LogP contribution in [0, 0.1) is 12.8 Å². The van der Waals surface area contributed by atoms with Crippen molar-refractivity contribution in [2.45, 2.75) is 58.4 Å². The van der Waals surface area contributed by atoms with E-state index < -0.39 is 0 Å². The molecule has 2 saturated heterocycles. The van der Waals surface area contributed by atoms with Gasteiger partial charge < -0.3 is 10.2 Å². The maximum Gasteiger partial charge on any atom is 0.231 e. The van der Waals surface area contributed by atoms with Crippen molar-refractivity contribution in [3.05, 3.63) is 45.9 Å². The molecule has 0 spiro atoms. The van der Waals surface area contributed by atoms with Crippen molar-refractivity contribution in [3.8, 4) is 0 Å². The van der Waals surface area contributed by atoms with Gasteiger partial charge in [0.15, 0.2) is 0 Å². The minimum Gasteiger partial charge on any atom is -0.342 e. The number of piperidine rings is 1. The molecule has 1 aromatic carbocycles. The summed E-state index contributed by atoms with van der Waals surface area (Å²) >= 11 is 1.55. The molecule has 0 saturated carbocycles. The van der Waals surface area contributed by atoms with Crippen molar-refractivity contribution in [1.82, 2.24) is 14.8 Å². The summed E-state index contributed by atoms with van der Waals surface area (Å²) in [6.07, 6.45) is 6.98. The molecule has 0 aliphatic carbocycles. The Balaban J connectivity index is 1.21. The normalized spacial score (nSPS) is 18.3. The van der Waals surface area contributed by atoms with Crippen LogP contribution in [-0.2, 0) is 22.6 Å². The number of rotatable bonds is 6. The maximum absolute atomic E-state index is 12.9. The van der Waals surface area contributed by atoms with Crippen molar-refractivity contribution in [2.75, 3.05) is 31.5 Å². The molecule has 4 rings (SSSR count). The Kier molecular flexibility index (Phi) is 7.92. The van der Waals surface area contributed by atoms with Crippen LogP contribution in [0.15, 0.2) is 29.6 Å². The monoisotopic (exact) mass is 454 g/mol. The van der Waals surface area contributed by atoms with Crippen molar-refractivity contribution in [3.63, 3.8) is 0 Å². The number of thiazole rings is 1. The van der Waals surface area contributed by atoms with Crippen LogP contribution in [0.5, 0.6) is 0 Å². The molecule has 2 fully saturated rings. The fourth-order valence-electron chi connectivity index (χ4n) is 4.60. The van der Waals surface area contributed by atoms with Gasteiger partial charge in [-0.1, -0.05) is 30.5 Å². The predicted molar refractivity (Wildman–Crippen MR) is 129 cm³/mol. The number of anilines is 1. The number of nitrogens with one attached hydrogen (secondary N) is 1. The molecule has 2 aliphatic rings. The van der Waals surface area contributed by atoms with E-state index in [2.05, 4.69) is 25.5 Å². The average molecular weight is 455 g/mol. The SMILES string of the molecule is Cc1ccc(NC(=O)Cc2nc(CN3CCC(C(=O)N4CCCCCC4)CC3)cs2)cc1. The van der Waals surface area contributed by atoms with Gasteiger partial charge in [-0.2, -0.15) is 0 Å². The number of carbonyl (C=O) groups excluding carboxylic acids is 2. The van der Waals surface area contributed by atoms with Crippen LogP contribution in [-0.4, -0.2) is 52.8 Å². The van der Waals surface area contributed by atoms with Crippen molar-refractivity contribution < 1.29 is 9.59 Å². The number of hydrogen-bond donors (Lipinski definition) is 1. The zero-order valence-electron chi connectivity index (χ0n) is 19.0. The number of nitrogens with zero attached hydrogens (tertiary/aromatic N) is 3. The van der Waals surface area contributed by atoms with Crippen LogP contribution in [0.1, 0.15) is 54.8 Å². The molecule has 2 aliphatic heterocycles. The smallest absolute Gasteiger partial charge is 0.231 e. The fourth-order valence-corrected chi connectivity index (χ4v) is 5.38. The summed E-state index contributed by atoms with van der Waals surface area (Å²) in [6.45, 7) is 6.58. The Morgan fingerprint density at radius 3 is 2.41 bits per heavy atom. The zero-order valence-corrected chi connectivity index (χ0v) is 19.8. The molecule has 0 radical (unpaired) electrons. The number of aromatic nitrogens is 1. The van der Waals surface area contributed by atoms with Crippen LogP contribution in [0.25, 0.3) is 0 Å². The van der Waals surface area contributed by atoms with Gasteiger partial charge in [0.05, 0.1) is 12.1 Å². The first kappa shape index (κ1) is 22.9. The minimum atomic E-state index is -0.0393. The Morgan fingerprint density at radius 2 is 1.72 bits per heavy atom. The molecule has 3 heterocycles. The number of amides is 2. The molecule has 2 amide bonds. The first-order valence-electron chi connectivity index (χ1n) is 11.9. The number of benzene rings is 1. The summed E-state index contributed by atoms with van der Waals surface area (Å²) in [5, 5.41) is 5.84. The van der Waals surface area contributed by atoms with Gasteiger partial charge >= 0.3 is 0 Å². The Labute approximate surface area is 195 Å². The summed E-state index contributed by atoms with van der Waals surface area (Å²) in [7, 11) is 0. The highest BCUT2D eigenvalue weighted by atomic mass is 32.1. The van der Waals surface area contributed by atoms with Crippen LogP contribution in [0.4, 0.5) is 5.69 Å². The Morgan fingerprint density at radius 1 is 1.03 bits per heavy atom. The highest BCUT2D eigenvalue weighted by Gasteiger charge is 2.29. The average Bonchev–Trinajstić information content (AvgIpc) is 3.05. The van der Waals surface area contributed by atoms with Gasteiger partial charge in [-0.05, 0) is 57.8 Å². The third-order valence-electron chi connectivity index (χ3n) is 6.49. The lowest BCUT2D eigenvalue weighted by Gasteiger charge is -2.33. The number of hydrogen-bond acceptors (Lipinski definition) is 5. The first-order chi connectivity index (χ1) is 15.6. The highest BCUT2D eigenvalue weighted by Crippen LogP contribution is 2.23. The van der Waals surface area contributed by atoms with Gasteiger partial charge in [0, 0.05) is 36.6 Å². The van der Waals surface area contributed by atoms with Crippen LogP contribution >= 0.6 is 11.3 Å².